The number of hydrogen-bond acceptors (Lipinski definition) is 6. The van der Waals surface area contributed by atoms with Crippen LogP contribution in [0.5, 0.6) is 0 Å². The maximum atomic E-state index is 13.8. The van der Waals surface area contributed by atoms with Crippen molar-refractivity contribution < 1.29 is 14.3 Å². The number of aromatic nitrogens is 3. The smallest absolute Gasteiger partial charge is 0.308 e. The van der Waals surface area contributed by atoms with Crippen molar-refractivity contribution in [2.75, 3.05) is 19.0 Å². The van der Waals surface area contributed by atoms with Crippen LogP contribution in [-0.4, -0.2) is 40.1 Å². The molecule has 3 rings (SSSR count). The van der Waals surface area contributed by atoms with Gasteiger partial charge in [-0.1, -0.05) is 17.7 Å². The molecule has 0 aliphatic rings. The van der Waals surface area contributed by atoms with Crippen molar-refractivity contribution in [1.29, 1.82) is 0 Å². The van der Waals surface area contributed by atoms with Crippen molar-refractivity contribution in [3.05, 3.63) is 46.3 Å². The van der Waals surface area contributed by atoms with Gasteiger partial charge in [-0.2, -0.15) is 0 Å². The number of anilines is 1. The zero-order valence-electron chi connectivity index (χ0n) is 13.9. The number of carbonyl (C=O) groups is 1. The van der Waals surface area contributed by atoms with Crippen LogP contribution in [0.25, 0.3) is 21.8 Å². The third kappa shape index (κ3) is 3.81. The molecule has 0 aliphatic heterocycles. The average Bonchev–Trinajstić information content (AvgIpc) is 3.00. The predicted octanol–water partition coefficient (Wildman–Crippen LogP) is 3.75. The Morgan fingerprint density at radius 1 is 1.27 bits per heavy atom. The first-order valence-corrected chi connectivity index (χ1v) is 8.71. The van der Waals surface area contributed by atoms with Crippen molar-refractivity contribution in [3.63, 3.8) is 0 Å². The summed E-state index contributed by atoms with van der Waals surface area (Å²) < 4.78 is 13.8. The van der Waals surface area contributed by atoms with Crippen LogP contribution in [-0.2, 0) is 11.2 Å². The van der Waals surface area contributed by atoms with Crippen LogP contribution in [0, 0.1) is 5.82 Å². The molecule has 0 saturated heterocycles. The fourth-order valence-electron chi connectivity index (χ4n) is 2.26. The Kier molecular flexibility index (Phi) is 5.15. The van der Waals surface area contributed by atoms with E-state index >= 15 is 0 Å². The number of nitrogens with zero attached hydrogens (tertiary/aromatic N) is 4. The summed E-state index contributed by atoms with van der Waals surface area (Å²) in [6, 6.07) is 4.28. The predicted molar refractivity (Wildman–Crippen MR) is 99.2 cm³/mol. The van der Waals surface area contributed by atoms with E-state index in [0.717, 1.165) is 0 Å². The van der Waals surface area contributed by atoms with E-state index in [9.17, 15) is 9.18 Å². The normalized spacial score (nSPS) is 10.8. The van der Waals surface area contributed by atoms with E-state index in [4.69, 9.17) is 16.7 Å². The standard InChI is InChI=1S/C17H14ClFN4O2S/c1-23(2)17-20-7-10(8-21-17)16-22-15(13(26-16)6-14(24)25)9-3-4-11(18)12(19)5-9/h3-5,7-8H,6H2,1-2H3,(H,24,25). The molecule has 0 saturated carbocycles. The fraction of sp³-hybridized carbons (Fsp3) is 0.176. The first kappa shape index (κ1) is 18.2. The molecule has 2 heterocycles. The van der Waals surface area contributed by atoms with Gasteiger partial charge in [-0.25, -0.2) is 19.3 Å². The van der Waals surface area contributed by atoms with Crippen LogP contribution in [0.4, 0.5) is 10.3 Å². The minimum Gasteiger partial charge on any atom is -0.481 e. The maximum absolute atomic E-state index is 13.8. The van der Waals surface area contributed by atoms with Crippen LogP contribution < -0.4 is 4.90 Å². The molecule has 0 spiro atoms. The SMILES string of the molecule is CN(C)c1ncc(-c2nc(-c3ccc(Cl)c(F)c3)c(CC(=O)O)s2)cn1. The molecule has 0 unspecified atom stereocenters. The number of thiazole rings is 1. The highest BCUT2D eigenvalue weighted by molar-refractivity contribution is 7.15. The van der Waals surface area contributed by atoms with Crippen molar-refractivity contribution in [2.45, 2.75) is 6.42 Å². The highest BCUT2D eigenvalue weighted by atomic mass is 35.5. The van der Waals surface area contributed by atoms with E-state index < -0.39 is 11.8 Å². The van der Waals surface area contributed by atoms with Crippen molar-refractivity contribution in [3.8, 4) is 21.8 Å². The molecule has 0 amide bonds. The van der Waals surface area contributed by atoms with Crippen LogP contribution in [0.15, 0.2) is 30.6 Å². The van der Waals surface area contributed by atoms with Gasteiger partial charge >= 0.3 is 5.97 Å². The van der Waals surface area contributed by atoms with Crippen molar-refractivity contribution >= 4 is 34.9 Å². The number of halogens is 2. The van der Waals surface area contributed by atoms with Gasteiger partial charge in [0.05, 0.1) is 17.1 Å². The second-order valence-electron chi connectivity index (χ2n) is 5.66. The summed E-state index contributed by atoms with van der Waals surface area (Å²) >= 11 is 6.95. The molecule has 9 heteroatoms. The summed E-state index contributed by atoms with van der Waals surface area (Å²) in [5, 5.41) is 9.73. The van der Waals surface area contributed by atoms with Crippen molar-refractivity contribution in [2.24, 2.45) is 0 Å². The molecule has 0 bridgehead atoms. The summed E-state index contributed by atoms with van der Waals surface area (Å²) in [7, 11) is 3.66. The first-order chi connectivity index (χ1) is 12.3. The van der Waals surface area contributed by atoms with Gasteiger partial charge in [0.15, 0.2) is 0 Å². The van der Waals surface area contributed by atoms with Gasteiger partial charge in [-0.3, -0.25) is 4.79 Å². The Morgan fingerprint density at radius 2 is 1.96 bits per heavy atom. The van der Waals surface area contributed by atoms with Gasteiger partial charge in [-0.15, -0.1) is 11.3 Å². The van der Waals surface area contributed by atoms with Gasteiger partial charge < -0.3 is 10.0 Å². The molecule has 1 N–H and O–H groups in total. The molecule has 2 aromatic heterocycles. The second-order valence-corrected chi connectivity index (χ2v) is 7.15. The number of carboxylic acid groups (broad SMARTS) is 1. The molecule has 0 aliphatic carbocycles. The first-order valence-electron chi connectivity index (χ1n) is 7.52. The molecule has 3 aromatic rings. The molecule has 0 radical (unpaired) electrons. The number of rotatable bonds is 5. The molecule has 0 fully saturated rings. The lowest BCUT2D eigenvalue weighted by atomic mass is 10.1. The lowest BCUT2D eigenvalue weighted by Gasteiger charge is -2.08. The Labute approximate surface area is 157 Å². The number of carboxylic acids is 1. The quantitative estimate of drug-likeness (QED) is 0.712. The molecule has 0 atom stereocenters. The fourth-order valence-corrected chi connectivity index (χ4v) is 3.43. The minimum absolute atomic E-state index is 0.00309. The zero-order chi connectivity index (χ0) is 18.8. The highest BCUT2D eigenvalue weighted by Gasteiger charge is 2.18. The highest BCUT2D eigenvalue weighted by Crippen LogP contribution is 2.35. The van der Waals surface area contributed by atoms with Crippen LogP contribution in [0.3, 0.4) is 0 Å². The Bertz CT molecular complexity index is 960. The summed E-state index contributed by atoms with van der Waals surface area (Å²) in [5.41, 5.74) is 1.55. The van der Waals surface area contributed by atoms with Crippen molar-refractivity contribution in [1.82, 2.24) is 15.0 Å². The van der Waals surface area contributed by atoms with Gasteiger partial charge in [-0.05, 0) is 12.1 Å². The molecule has 6 nitrogen and oxygen atoms in total. The summed E-state index contributed by atoms with van der Waals surface area (Å²) in [6.45, 7) is 0. The summed E-state index contributed by atoms with van der Waals surface area (Å²) in [5.74, 6) is -1.02. The lowest BCUT2D eigenvalue weighted by Crippen LogP contribution is -2.12. The third-order valence-corrected chi connectivity index (χ3v) is 4.90. The molecule has 134 valence electrons. The number of benzene rings is 1. The van der Waals surface area contributed by atoms with E-state index in [1.54, 1.807) is 23.4 Å². The average molecular weight is 393 g/mol. The number of hydrogen-bond donors (Lipinski definition) is 1. The molecular weight excluding hydrogens is 379 g/mol. The second kappa shape index (κ2) is 7.35. The van der Waals surface area contributed by atoms with Crippen LogP contribution in [0.1, 0.15) is 4.88 Å². The van der Waals surface area contributed by atoms with Gasteiger partial charge in [0, 0.05) is 42.5 Å². The minimum atomic E-state index is -0.991. The van der Waals surface area contributed by atoms with E-state index in [1.165, 1.54) is 23.5 Å². The Hall–Kier alpha value is -2.58. The Morgan fingerprint density at radius 3 is 2.54 bits per heavy atom. The summed E-state index contributed by atoms with van der Waals surface area (Å²) in [6.07, 6.45) is 3.03. The van der Waals surface area contributed by atoms with Gasteiger partial charge in [0.1, 0.15) is 10.8 Å². The van der Waals surface area contributed by atoms with Gasteiger partial charge in [0.25, 0.3) is 0 Å². The molecular formula is C17H14ClFN4O2S. The number of aliphatic carboxylic acids is 1. The lowest BCUT2D eigenvalue weighted by molar-refractivity contribution is -0.136. The van der Waals surface area contributed by atoms with Crippen LogP contribution >= 0.6 is 22.9 Å². The van der Waals surface area contributed by atoms with E-state index in [0.29, 0.717) is 32.7 Å². The Balaban J connectivity index is 2.06. The maximum Gasteiger partial charge on any atom is 0.308 e. The largest absolute Gasteiger partial charge is 0.481 e. The van der Waals surface area contributed by atoms with E-state index in [1.807, 2.05) is 14.1 Å². The van der Waals surface area contributed by atoms with E-state index in [-0.39, 0.29) is 11.4 Å². The van der Waals surface area contributed by atoms with Crippen LogP contribution in [0.2, 0.25) is 5.02 Å². The molecule has 26 heavy (non-hydrogen) atoms. The zero-order valence-corrected chi connectivity index (χ0v) is 15.5. The van der Waals surface area contributed by atoms with E-state index in [2.05, 4.69) is 15.0 Å². The topological polar surface area (TPSA) is 79.2 Å². The third-order valence-electron chi connectivity index (χ3n) is 3.49. The molecule has 1 aromatic carbocycles. The summed E-state index contributed by atoms with van der Waals surface area (Å²) in [4.78, 5) is 26.5. The monoisotopic (exact) mass is 392 g/mol. The van der Waals surface area contributed by atoms with Gasteiger partial charge in [0.2, 0.25) is 5.95 Å².